The molecular formula is C13H10N4O2. The van der Waals surface area contributed by atoms with Crippen molar-refractivity contribution in [2.24, 2.45) is 5.16 Å². The molecule has 1 N–H and O–H groups in total. The molecule has 1 aromatic heterocycles. The molecule has 0 atom stereocenters. The highest BCUT2D eigenvalue weighted by Crippen LogP contribution is 2.23. The molecule has 1 amide bonds. The van der Waals surface area contributed by atoms with E-state index in [0.717, 1.165) is 11.3 Å². The number of oxime groups is 1. The first-order chi connectivity index (χ1) is 9.29. The van der Waals surface area contributed by atoms with Crippen molar-refractivity contribution < 1.29 is 9.63 Å². The summed E-state index contributed by atoms with van der Waals surface area (Å²) in [4.78, 5) is 24.7. The maximum Gasteiger partial charge on any atom is 0.257 e. The van der Waals surface area contributed by atoms with Crippen LogP contribution < -0.4 is 5.32 Å². The van der Waals surface area contributed by atoms with E-state index in [0.29, 0.717) is 17.0 Å². The van der Waals surface area contributed by atoms with Crippen LogP contribution in [0.25, 0.3) is 11.3 Å². The second kappa shape index (κ2) is 4.49. The third-order valence-electron chi connectivity index (χ3n) is 2.79. The largest absolute Gasteiger partial charge is 0.397 e. The van der Waals surface area contributed by atoms with Crippen molar-refractivity contribution in [3.8, 4) is 11.3 Å². The van der Waals surface area contributed by atoms with E-state index in [1.807, 2.05) is 12.1 Å². The van der Waals surface area contributed by atoms with Gasteiger partial charge in [0.05, 0.1) is 17.5 Å². The Bertz CT molecular complexity index is 668. The van der Waals surface area contributed by atoms with Gasteiger partial charge in [-0.1, -0.05) is 11.2 Å². The molecule has 0 aliphatic carbocycles. The summed E-state index contributed by atoms with van der Waals surface area (Å²) in [6.45, 7) is 0. The molecule has 0 radical (unpaired) electrons. The minimum Gasteiger partial charge on any atom is -0.397 e. The maximum atomic E-state index is 11.7. The minimum absolute atomic E-state index is 0.184. The van der Waals surface area contributed by atoms with Crippen molar-refractivity contribution in [1.29, 1.82) is 0 Å². The van der Waals surface area contributed by atoms with Gasteiger partial charge in [0.1, 0.15) is 7.11 Å². The average Bonchev–Trinajstić information content (AvgIpc) is 2.77. The minimum atomic E-state index is -0.184. The zero-order valence-electron chi connectivity index (χ0n) is 10.1. The highest BCUT2D eigenvalue weighted by Gasteiger charge is 2.26. The van der Waals surface area contributed by atoms with Gasteiger partial charge in [0.25, 0.3) is 5.91 Å². The number of benzene rings is 1. The molecule has 2 aromatic rings. The molecule has 0 saturated heterocycles. The first-order valence-electron chi connectivity index (χ1n) is 5.63. The summed E-state index contributed by atoms with van der Waals surface area (Å²) in [5, 5.41) is 6.45. The first kappa shape index (κ1) is 11.3. The Morgan fingerprint density at radius 3 is 2.89 bits per heavy atom. The van der Waals surface area contributed by atoms with Gasteiger partial charge in [-0.2, -0.15) is 0 Å². The van der Waals surface area contributed by atoms with Crippen molar-refractivity contribution in [3.63, 3.8) is 0 Å². The number of amides is 1. The molecule has 0 unspecified atom stereocenters. The first-order valence-corrected chi connectivity index (χ1v) is 5.63. The summed E-state index contributed by atoms with van der Waals surface area (Å²) in [6.07, 6.45) is 4.90. The van der Waals surface area contributed by atoms with Crippen molar-refractivity contribution in [2.45, 2.75) is 0 Å². The molecule has 0 bridgehead atoms. The number of aromatic nitrogens is 2. The van der Waals surface area contributed by atoms with Crippen LogP contribution in [0.4, 0.5) is 0 Å². The molecule has 6 heteroatoms. The number of carbonyl (C=O) groups is 1. The summed E-state index contributed by atoms with van der Waals surface area (Å²) in [7, 11) is 1.43. The standard InChI is InChI=1S/C13H10N4O2/c1-19-17-12-10-6-8(11-7-14-4-5-15-11)2-3-9(10)13(18)16-12/h2-7H,1H3,(H,16,17,18). The number of fused-ring (bicyclic) bond motifs is 1. The van der Waals surface area contributed by atoms with E-state index in [9.17, 15) is 4.79 Å². The molecule has 19 heavy (non-hydrogen) atoms. The van der Waals surface area contributed by atoms with Crippen LogP contribution in [0.15, 0.2) is 41.9 Å². The highest BCUT2D eigenvalue weighted by atomic mass is 16.6. The Labute approximate surface area is 109 Å². The van der Waals surface area contributed by atoms with E-state index in [1.54, 1.807) is 24.7 Å². The zero-order valence-corrected chi connectivity index (χ0v) is 10.1. The highest BCUT2D eigenvalue weighted by molar-refractivity contribution is 6.23. The average molecular weight is 254 g/mol. The van der Waals surface area contributed by atoms with Crippen LogP contribution in [0.5, 0.6) is 0 Å². The fourth-order valence-corrected chi connectivity index (χ4v) is 1.95. The zero-order chi connectivity index (χ0) is 13.2. The lowest BCUT2D eigenvalue weighted by Crippen LogP contribution is -2.21. The quantitative estimate of drug-likeness (QED) is 0.817. The molecule has 0 spiro atoms. The molecule has 6 nitrogen and oxygen atoms in total. The van der Waals surface area contributed by atoms with Crippen LogP contribution in [0.2, 0.25) is 0 Å². The van der Waals surface area contributed by atoms with Gasteiger partial charge in [-0.3, -0.25) is 14.8 Å². The number of hydrogen-bond donors (Lipinski definition) is 1. The number of nitrogens with zero attached hydrogens (tertiary/aromatic N) is 3. The smallest absolute Gasteiger partial charge is 0.257 e. The molecule has 1 aromatic carbocycles. The number of rotatable bonds is 2. The van der Waals surface area contributed by atoms with Crippen molar-refractivity contribution in [2.75, 3.05) is 7.11 Å². The summed E-state index contributed by atoms with van der Waals surface area (Å²) in [5.74, 6) is 0.227. The lowest BCUT2D eigenvalue weighted by molar-refractivity contribution is 0.0981. The van der Waals surface area contributed by atoms with E-state index >= 15 is 0 Å². The van der Waals surface area contributed by atoms with Crippen LogP contribution in [-0.4, -0.2) is 28.8 Å². The van der Waals surface area contributed by atoms with E-state index in [4.69, 9.17) is 4.84 Å². The van der Waals surface area contributed by atoms with Crippen LogP contribution in [0, 0.1) is 0 Å². The summed E-state index contributed by atoms with van der Waals surface area (Å²) in [5.41, 5.74) is 2.88. The fourth-order valence-electron chi connectivity index (χ4n) is 1.95. The Morgan fingerprint density at radius 1 is 1.26 bits per heavy atom. The number of carbonyl (C=O) groups excluding carboxylic acids is 1. The predicted octanol–water partition coefficient (Wildman–Crippen LogP) is 1.20. The second-order valence-corrected chi connectivity index (χ2v) is 3.93. The van der Waals surface area contributed by atoms with Crippen molar-refractivity contribution >= 4 is 11.7 Å². The lowest BCUT2D eigenvalue weighted by Gasteiger charge is -2.02. The second-order valence-electron chi connectivity index (χ2n) is 3.93. The van der Waals surface area contributed by atoms with Gasteiger partial charge >= 0.3 is 0 Å². The van der Waals surface area contributed by atoms with Gasteiger partial charge in [0.2, 0.25) is 0 Å². The molecule has 1 aliphatic rings. The third-order valence-corrected chi connectivity index (χ3v) is 2.79. The van der Waals surface area contributed by atoms with E-state index < -0.39 is 0 Å². The monoisotopic (exact) mass is 254 g/mol. The van der Waals surface area contributed by atoms with E-state index in [2.05, 4.69) is 20.4 Å². The molecule has 0 fully saturated rings. The van der Waals surface area contributed by atoms with E-state index in [1.165, 1.54) is 7.11 Å². The van der Waals surface area contributed by atoms with Gasteiger partial charge in [0, 0.05) is 23.5 Å². The van der Waals surface area contributed by atoms with Gasteiger partial charge in [0.15, 0.2) is 5.84 Å². The van der Waals surface area contributed by atoms with Crippen LogP contribution in [0.3, 0.4) is 0 Å². The lowest BCUT2D eigenvalue weighted by atomic mass is 10.0. The third kappa shape index (κ3) is 1.93. The maximum absolute atomic E-state index is 11.7. The van der Waals surface area contributed by atoms with Crippen LogP contribution in [0.1, 0.15) is 15.9 Å². The molecule has 94 valence electrons. The topological polar surface area (TPSA) is 76.5 Å². The SMILES string of the molecule is CON=C1NC(=O)c2ccc(-c3cnccn3)cc21. The summed E-state index contributed by atoms with van der Waals surface area (Å²) < 4.78 is 0. The van der Waals surface area contributed by atoms with Crippen LogP contribution in [-0.2, 0) is 4.84 Å². The fraction of sp³-hybridized carbons (Fsp3) is 0.0769. The van der Waals surface area contributed by atoms with Gasteiger partial charge in [-0.25, -0.2) is 0 Å². The van der Waals surface area contributed by atoms with Crippen LogP contribution >= 0.6 is 0 Å². The van der Waals surface area contributed by atoms with Gasteiger partial charge in [-0.05, 0) is 12.1 Å². The molecule has 2 heterocycles. The predicted molar refractivity (Wildman–Crippen MR) is 68.5 cm³/mol. The summed E-state index contributed by atoms with van der Waals surface area (Å²) in [6, 6.07) is 5.42. The van der Waals surface area contributed by atoms with E-state index in [-0.39, 0.29) is 5.91 Å². The van der Waals surface area contributed by atoms with Crippen molar-refractivity contribution in [3.05, 3.63) is 47.9 Å². The number of amidine groups is 1. The van der Waals surface area contributed by atoms with Gasteiger partial charge in [-0.15, -0.1) is 0 Å². The number of nitrogens with one attached hydrogen (secondary N) is 1. The van der Waals surface area contributed by atoms with Crippen molar-refractivity contribution in [1.82, 2.24) is 15.3 Å². The normalized spacial score (nSPS) is 15.2. The molecule has 0 saturated carbocycles. The summed E-state index contributed by atoms with van der Waals surface area (Å²) >= 11 is 0. The Morgan fingerprint density at radius 2 is 2.16 bits per heavy atom. The Hall–Kier alpha value is -2.76. The Kier molecular flexibility index (Phi) is 2.68. The molecule has 3 rings (SSSR count). The number of hydrogen-bond acceptors (Lipinski definition) is 5. The molecule has 1 aliphatic heterocycles. The van der Waals surface area contributed by atoms with Gasteiger partial charge < -0.3 is 10.2 Å². The Balaban J connectivity index is 2.12. The molecular weight excluding hydrogens is 244 g/mol.